The highest BCUT2D eigenvalue weighted by Gasteiger charge is 2.34. The Bertz CT molecular complexity index is 1300. The van der Waals surface area contributed by atoms with Crippen LogP contribution in [0.4, 0.5) is 13.2 Å². The van der Waals surface area contributed by atoms with E-state index in [1.54, 1.807) is 25.1 Å². The molecule has 11 heteroatoms. The second-order valence-corrected chi connectivity index (χ2v) is 8.84. The van der Waals surface area contributed by atoms with Gasteiger partial charge >= 0.3 is 6.36 Å². The zero-order valence-corrected chi connectivity index (χ0v) is 18.7. The first-order valence-corrected chi connectivity index (χ1v) is 11.2. The van der Waals surface area contributed by atoms with Crippen molar-refractivity contribution in [2.24, 2.45) is 0 Å². The number of carbonyl (C=O) groups is 1. The number of rotatable bonds is 7. The average molecular weight is 482 g/mol. The van der Waals surface area contributed by atoms with Crippen LogP contribution in [-0.4, -0.2) is 32.0 Å². The summed E-state index contributed by atoms with van der Waals surface area (Å²) in [5.41, 5.74) is 1.11. The fourth-order valence-electron chi connectivity index (χ4n) is 3.82. The summed E-state index contributed by atoms with van der Waals surface area (Å²) in [5.74, 6) is 0.918. The molecule has 180 valence electrons. The second-order valence-electron chi connectivity index (χ2n) is 8.84. The zero-order chi connectivity index (χ0) is 24.7. The molecule has 2 saturated carbocycles. The summed E-state index contributed by atoms with van der Waals surface area (Å²) >= 11 is 0. The summed E-state index contributed by atoms with van der Waals surface area (Å²) < 4.78 is 44.1. The van der Waals surface area contributed by atoms with E-state index >= 15 is 0 Å². The van der Waals surface area contributed by atoms with Crippen molar-refractivity contribution in [2.75, 3.05) is 0 Å². The van der Waals surface area contributed by atoms with Gasteiger partial charge in [0.1, 0.15) is 11.8 Å². The van der Waals surface area contributed by atoms with Gasteiger partial charge < -0.3 is 10.1 Å². The van der Waals surface area contributed by atoms with Crippen molar-refractivity contribution in [2.45, 2.75) is 56.8 Å². The molecule has 5 rings (SSSR count). The minimum absolute atomic E-state index is 0.0745. The number of carbonyl (C=O) groups excluding carboxylic acids is 1. The van der Waals surface area contributed by atoms with Gasteiger partial charge in [0.2, 0.25) is 0 Å². The summed E-state index contributed by atoms with van der Waals surface area (Å²) in [6.45, 7) is 1.72. The van der Waals surface area contributed by atoms with Crippen LogP contribution in [0.5, 0.6) is 5.75 Å². The Hall–Kier alpha value is -3.94. The number of pyridine rings is 1. The number of hydrogen-bond donors (Lipinski definition) is 1. The number of nitrogens with one attached hydrogen (secondary N) is 1. The van der Waals surface area contributed by atoms with E-state index in [-0.39, 0.29) is 17.4 Å². The molecule has 2 aliphatic carbocycles. The van der Waals surface area contributed by atoms with Crippen molar-refractivity contribution in [1.82, 2.24) is 25.1 Å². The molecule has 2 fully saturated rings. The molecule has 35 heavy (non-hydrogen) atoms. The molecule has 8 nitrogen and oxygen atoms in total. The number of benzene rings is 1. The van der Waals surface area contributed by atoms with E-state index in [4.69, 9.17) is 5.26 Å². The van der Waals surface area contributed by atoms with Gasteiger partial charge in [0.05, 0.1) is 11.6 Å². The van der Waals surface area contributed by atoms with E-state index in [9.17, 15) is 18.0 Å². The SMILES string of the molecule is C[C@H](NC(=O)c1cc(OC(F)(F)F)cc(C2CC2)c1)c1nc(C2CC2)nn1-c1ccc(C#N)cn1. The van der Waals surface area contributed by atoms with Crippen molar-refractivity contribution in [3.63, 3.8) is 0 Å². The molecule has 0 radical (unpaired) electrons. The van der Waals surface area contributed by atoms with E-state index in [0.29, 0.717) is 28.6 Å². The highest BCUT2D eigenvalue weighted by atomic mass is 19.4. The third-order valence-corrected chi connectivity index (χ3v) is 5.89. The number of aromatic nitrogens is 4. The fraction of sp³-hybridized carbons (Fsp3) is 0.375. The van der Waals surface area contributed by atoms with Crippen LogP contribution < -0.4 is 10.1 Å². The number of alkyl halides is 3. The van der Waals surface area contributed by atoms with Crippen molar-refractivity contribution in [3.8, 4) is 17.6 Å². The maximum atomic E-state index is 13.1. The lowest BCUT2D eigenvalue weighted by atomic mass is 10.1. The van der Waals surface area contributed by atoms with Crippen LogP contribution in [0.15, 0.2) is 36.5 Å². The lowest BCUT2D eigenvalue weighted by Crippen LogP contribution is -2.29. The topological polar surface area (TPSA) is 106 Å². The number of nitrogens with zero attached hydrogens (tertiary/aromatic N) is 5. The van der Waals surface area contributed by atoms with E-state index in [1.807, 2.05) is 6.07 Å². The molecule has 0 unspecified atom stereocenters. The second kappa shape index (κ2) is 8.69. The zero-order valence-electron chi connectivity index (χ0n) is 18.7. The number of amides is 1. The third-order valence-electron chi connectivity index (χ3n) is 5.89. The largest absolute Gasteiger partial charge is 0.573 e. The molecule has 2 aliphatic rings. The Kier molecular flexibility index (Phi) is 5.67. The number of nitriles is 1. The normalized spacial score (nSPS) is 16.4. The average Bonchev–Trinajstić information content (AvgIpc) is 3.75. The maximum Gasteiger partial charge on any atom is 0.573 e. The van der Waals surface area contributed by atoms with Crippen LogP contribution in [0.2, 0.25) is 0 Å². The molecule has 0 aliphatic heterocycles. The van der Waals surface area contributed by atoms with Gasteiger partial charge in [0, 0.05) is 17.7 Å². The fourth-order valence-corrected chi connectivity index (χ4v) is 3.82. The summed E-state index contributed by atoms with van der Waals surface area (Å²) in [6.07, 6.45) is 0.232. The first-order chi connectivity index (χ1) is 16.7. The van der Waals surface area contributed by atoms with E-state index < -0.39 is 24.1 Å². The Morgan fingerprint density at radius 3 is 2.54 bits per heavy atom. The van der Waals surface area contributed by atoms with E-state index in [0.717, 1.165) is 31.7 Å². The van der Waals surface area contributed by atoms with Crippen molar-refractivity contribution >= 4 is 5.91 Å². The number of hydrogen-bond acceptors (Lipinski definition) is 6. The smallest absolute Gasteiger partial charge is 0.406 e. The van der Waals surface area contributed by atoms with Gasteiger partial charge in [0.15, 0.2) is 17.5 Å². The van der Waals surface area contributed by atoms with Crippen molar-refractivity contribution < 1.29 is 22.7 Å². The van der Waals surface area contributed by atoms with Crippen LogP contribution in [0.25, 0.3) is 5.82 Å². The lowest BCUT2D eigenvalue weighted by Gasteiger charge is -2.16. The molecule has 0 saturated heterocycles. The Labute approximate surface area is 198 Å². The number of halogens is 3. The first kappa shape index (κ1) is 22.8. The molecule has 1 N–H and O–H groups in total. The minimum Gasteiger partial charge on any atom is -0.406 e. The predicted octanol–water partition coefficient (Wildman–Crippen LogP) is 4.68. The quantitative estimate of drug-likeness (QED) is 0.524. The molecular formula is C24H21F3N6O2. The van der Waals surface area contributed by atoms with Crippen molar-refractivity contribution in [1.29, 1.82) is 5.26 Å². The summed E-state index contributed by atoms with van der Waals surface area (Å²) in [6, 6.07) is 8.66. The van der Waals surface area contributed by atoms with E-state index in [1.165, 1.54) is 16.9 Å². The van der Waals surface area contributed by atoms with Crippen LogP contribution in [0.3, 0.4) is 0 Å². The van der Waals surface area contributed by atoms with Gasteiger partial charge in [0.25, 0.3) is 5.91 Å². The van der Waals surface area contributed by atoms with E-state index in [2.05, 4.69) is 25.1 Å². The molecule has 1 amide bonds. The lowest BCUT2D eigenvalue weighted by molar-refractivity contribution is -0.274. The molecule has 1 aromatic carbocycles. The predicted molar refractivity (Wildman–Crippen MR) is 117 cm³/mol. The highest BCUT2D eigenvalue weighted by molar-refractivity contribution is 5.95. The van der Waals surface area contributed by atoms with Crippen LogP contribution >= 0.6 is 0 Å². The molecule has 0 bridgehead atoms. The van der Waals surface area contributed by atoms with Crippen LogP contribution in [0, 0.1) is 11.3 Å². The van der Waals surface area contributed by atoms with Gasteiger partial charge in [-0.2, -0.15) is 9.94 Å². The third kappa shape index (κ3) is 5.26. The molecule has 1 atom stereocenters. The van der Waals surface area contributed by atoms with Gasteiger partial charge in [-0.1, -0.05) is 0 Å². The standard InChI is InChI=1S/C24H21F3N6O2/c1-13(22-31-21(16-5-6-16)32-33(22)20-7-2-14(11-28)12-29-20)30-23(34)18-8-17(15-3-4-15)9-19(10-18)35-24(25,26)27/h2,7-10,12-13,15-16H,3-6H2,1H3,(H,30,34)/t13-/m0/s1. The summed E-state index contributed by atoms with van der Waals surface area (Å²) in [7, 11) is 0. The van der Waals surface area contributed by atoms with Gasteiger partial charge in [-0.3, -0.25) is 4.79 Å². The van der Waals surface area contributed by atoms with Crippen LogP contribution in [0.1, 0.15) is 83.6 Å². The summed E-state index contributed by atoms with van der Waals surface area (Å²) in [4.78, 5) is 22.0. The highest BCUT2D eigenvalue weighted by Crippen LogP contribution is 2.42. The molecule has 0 spiro atoms. The van der Waals surface area contributed by atoms with Gasteiger partial charge in [-0.25, -0.2) is 9.97 Å². The maximum absolute atomic E-state index is 13.1. The molecule has 2 aromatic heterocycles. The van der Waals surface area contributed by atoms with Gasteiger partial charge in [-0.15, -0.1) is 18.3 Å². The Morgan fingerprint density at radius 2 is 1.94 bits per heavy atom. The molecule has 3 aromatic rings. The Morgan fingerprint density at radius 1 is 1.20 bits per heavy atom. The minimum atomic E-state index is -4.85. The van der Waals surface area contributed by atoms with Gasteiger partial charge in [-0.05, 0) is 74.4 Å². The molecule has 2 heterocycles. The Balaban J connectivity index is 1.42. The first-order valence-electron chi connectivity index (χ1n) is 11.2. The summed E-state index contributed by atoms with van der Waals surface area (Å²) in [5, 5.41) is 16.4. The monoisotopic (exact) mass is 482 g/mol. The number of ether oxygens (including phenoxy) is 1. The van der Waals surface area contributed by atoms with Crippen molar-refractivity contribution in [3.05, 3.63) is 64.9 Å². The van der Waals surface area contributed by atoms with Crippen LogP contribution in [-0.2, 0) is 0 Å². The molecular weight excluding hydrogens is 461 g/mol.